The van der Waals surface area contributed by atoms with Crippen LogP contribution in [0.15, 0.2) is 6.20 Å². The normalized spacial score (nSPS) is 37.5. The Hall–Kier alpha value is -0.890. The Morgan fingerprint density at radius 3 is 2.70 bits per heavy atom. The maximum absolute atomic E-state index is 5.93. The van der Waals surface area contributed by atoms with Gasteiger partial charge in [-0.05, 0) is 12.8 Å². The number of hydrogen-bond acceptors (Lipinski definition) is 6. The summed E-state index contributed by atoms with van der Waals surface area (Å²) in [5.74, 6) is 0. The molecule has 6 atom stereocenters. The fraction of sp³-hybridized carbons (Fsp3) is 0.857. The van der Waals surface area contributed by atoms with Gasteiger partial charge < -0.3 is 18.9 Å². The standard InChI is InChI=1S/C14H25B2N3O4/c1-20-7-12-9(4-13(15)23-12)19-6-8(17-18-19)3-11-10(21-2)5-14(16)22-11/h6,9-14H,3-5,7,15-16H2,1-2H3/t9-,10-,11-,12-,13-,14-/m1/s1. The van der Waals surface area contributed by atoms with Gasteiger partial charge in [-0.3, -0.25) is 0 Å². The van der Waals surface area contributed by atoms with Crippen LogP contribution in [-0.2, 0) is 25.4 Å². The van der Waals surface area contributed by atoms with Gasteiger partial charge in [0.1, 0.15) is 21.8 Å². The van der Waals surface area contributed by atoms with Crippen LogP contribution < -0.4 is 0 Å². The molecule has 7 nitrogen and oxygen atoms in total. The first kappa shape index (κ1) is 16.9. The van der Waals surface area contributed by atoms with E-state index in [1.54, 1.807) is 14.2 Å². The molecule has 0 bridgehead atoms. The monoisotopic (exact) mass is 321 g/mol. The van der Waals surface area contributed by atoms with E-state index in [1.807, 2.05) is 10.9 Å². The Balaban J connectivity index is 1.66. The third-order valence-corrected chi connectivity index (χ3v) is 4.74. The molecule has 0 radical (unpaired) electrons. The average molecular weight is 321 g/mol. The maximum Gasteiger partial charge on any atom is 0.139 e. The van der Waals surface area contributed by atoms with Crippen molar-refractivity contribution in [3.63, 3.8) is 0 Å². The van der Waals surface area contributed by atoms with Crippen LogP contribution in [0.3, 0.4) is 0 Å². The van der Waals surface area contributed by atoms with E-state index in [0.29, 0.717) is 6.61 Å². The number of nitrogens with zero attached hydrogens (tertiary/aromatic N) is 3. The number of hydrogen-bond donors (Lipinski definition) is 0. The van der Waals surface area contributed by atoms with E-state index < -0.39 is 0 Å². The second-order valence-corrected chi connectivity index (χ2v) is 6.63. The molecule has 0 N–H and O–H groups in total. The van der Waals surface area contributed by atoms with Crippen LogP contribution >= 0.6 is 0 Å². The lowest BCUT2D eigenvalue weighted by atomic mass is 9.95. The van der Waals surface area contributed by atoms with E-state index in [1.165, 1.54) is 0 Å². The van der Waals surface area contributed by atoms with Crippen molar-refractivity contribution in [3.8, 4) is 0 Å². The zero-order valence-corrected chi connectivity index (χ0v) is 14.3. The zero-order chi connectivity index (χ0) is 16.4. The van der Waals surface area contributed by atoms with E-state index >= 15 is 0 Å². The van der Waals surface area contributed by atoms with Gasteiger partial charge in [0.05, 0.1) is 30.6 Å². The lowest BCUT2D eigenvalue weighted by Crippen LogP contribution is -2.26. The molecule has 126 valence electrons. The van der Waals surface area contributed by atoms with Crippen molar-refractivity contribution in [2.45, 2.75) is 55.6 Å². The Morgan fingerprint density at radius 1 is 1.22 bits per heavy atom. The summed E-state index contributed by atoms with van der Waals surface area (Å²) in [6.45, 7) is 0.569. The first-order valence-corrected chi connectivity index (χ1v) is 8.34. The van der Waals surface area contributed by atoms with Crippen LogP contribution in [-0.4, -0.2) is 81.8 Å². The van der Waals surface area contributed by atoms with Gasteiger partial charge in [-0.2, -0.15) is 0 Å². The van der Waals surface area contributed by atoms with Crippen molar-refractivity contribution in [3.05, 3.63) is 11.9 Å². The topological polar surface area (TPSA) is 67.6 Å². The Morgan fingerprint density at radius 2 is 1.96 bits per heavy atom. The third kappa shape index (κ3) is 3.79. The number of methoxy groups -OCH3 is 2. The average Bonchev–Trinajstić information content (AvgIpc) is 3.19. The van der Waals surface area contributed by atoms with Crippen molar-refractivity contribution in [1.82, 2.24) is 15.0 Å². The number of ether oxygens (including phenoxy) is 4. The van der Waals surface area contributed by atoms with Crippen LogP contribution in [0.5, 0.6) is 0 Å². The van der Waals surface area contributed by atoms with Crippen molar-refractivity contribution >= 4 is 15.7 Å². The summed E-state index contributed by atoms with van der Waals surface area (Å²) in [5, 5.41) is 8.63. The highest BCUT2D eigenvalue weighted by molar-refractivity contribution is 6.11. The zero-order valence-electron chi connectivity index (χ0n) is 14.3. The molecule has 3 heterocycles. The summed E-state index contributed by atoms with van der Waals surface area (Å²) in [5.41, 5.74) is 0.932. The molecule has 0 aliphatic carbocycles. The molecule has 2 aliphatic heterocycles. The molecule has 0 unspecified atom stereocenters. The summed E-state index contributed by atoms with van der Waals surface area (Å²) in [6.07, 6.45) is 4.79. The molecule has 1 aromatic heterocycles. The first-order valence-electron chi connectivity index (χ1n) is 8.34. The summed E-state index contributed by atoms with van der Waals surface area (Å²) < 4.78 is 24.5. The molecule has 3 rings (SSSR count). The summed E-state index contributed by atoms with van der Waals surface area (Å²) in [6, 6.07) is 0.618. The van der Waals surface area contributed by atoms with Gasteiger partial charge >= 0.3 is 0 Å². The molecule has 2 fully saturated rings. The third-order valence-electron chi connectivity index (χ3n) is 4.74. The summed E-state index contributed by atoms with van der Waals surface area (Å²) in [4.78, 5) is 0. The summed E-state index contributed by atoms with van der Waals surface area (Å²) >= 11 is 0. The highest BCUT2D eigenvalue weighted by Crippen LogP contribution is 2.30. The maximum atomic E-state index is 5.93. The molecule has 9 heteroatoms. The minimum absolute atomic E-state index is 0.0269. The molecule has 0 aromatic carbocycles. The van der Waals surface area contributed by atoms with Crippen LogP contribution in [0.2, 0.25) is 0 Å². The van der Waals surface area contributed by atoms with Gasteiger partial charge in [0.15, 0.2) is 0 Å². The Labute approximate surface area is 138 Å². The molecule has 0 spiro atoms. The highest BCUT2D eigenvalue weighted by atomic mass is 16.6. The molecule has 0 saturated carbocycles. The number of aromatic nitrogens is 3. The van der Waals surface area contributed by atoms with Gasteiger partial charge in [0, 0.05) is 38.8 Å². The van der Waals surface area contributed by atoms with E-state index in [4.69, 9.17) is 18.9 Å². The molecular formula is C14H25B2N3O4. The van der Waals surface area contributed by atoms with Gasteiger partial charge in [-0.15, -0.1) is 5.10 Å². The molecule has 0 amide bonds. The second-order valence-electron chi connectivity index (χ2n) is 6.63. The van der Waals surface area contributed by atoms with E-state index in [2.05, 4.69) is 26.0 Å². The van der Waals surface area contributed by atoms with Gasteiger partial charge in [-0.25, -0.2) is 4.68 Å². The fourth-order valence-electron chi connectivity index (χ4n) is 3.65. The van der Waals surface area contributed by atoms with Crippen LogP contribution in [0.25, 0.3) is 0 Å². The van der Waals surface area contributed by atoms with Gasteiger partial charge in [0.25, 0.3) is 0 Å². The fourth-order valence-corrected chi connectivity index (χ4v) is 3.65. The molecule has 23 heavy (non-hydrogen) atoms. The molecule has 1 aromatic rings. The van der Waals surface area contributed by atoms with Crippen molar-refractivity contribution < 1.29 is 18.9 Å². The van der Waals surface area contributed by atoms with Gasteiger partial charge in [-0.1, -0.05) is 5.21 Å². The lowest BCUT2D eigenvalue weighted by Gasteiger charge is -2.17. The summed E-state index contributed by atoms with van der Waals surface area (Å²) in [7, 11) is 7.59. The Bertz CT molecular complexity index is 518. The van der Waals surface area contributed by atoms with E-state index in [-0.39, 0.29) is 36.4 Å². The smallest absolute Gasteiger partial charge is 0.139 e. The molecular weight excluding hydrogens is 296 g/mol. The van der Waals surface area contributed by atoms with Crippen molar-refractivity contribution in [2.75, 3.05) is 20.8 Å². The molecule has 2 aliphatic rings. The Kier molecular flexibility index (Phi) is 5.41. The second kappa shape index (κ2) is 7.34. The van der Waals surface area contributed by atoms with E-state index in [9.17, 15) is 0 Å². The minimum atomic E-state index is 0.0269. The predicted molar refractivity (Wildman–Crippen MR) is 89.1 cm³/mol. The van der Waals surface area contributed by atoms with Crippen molar-refractivity contribution in [1.29, 1.82) is 0 Å². The molecule has 2 saturated heterocycles. The van der Waals surface area contributed by atoms with Crippen LogP contribution in [0.1, 0.15) is 24.6 Å². The largest absolute Gasteiger partial charge is 0.382 e. The SMILES string of the molecule is B[C@H]1C[C@@H](n2cc(C[C@H]3O[C@@H](B)C[C@H]3OC)nn2)[C@@H](COC)O1. The first-order chi connectivity index (χ1) is 11.1. The minimum Gasteiger partial charge on any atom is -0.382 e. The number of rotatable bonds is 6. The van der Waals surface area contributed by atoms with Crippen LogP contribution in [0.4, 0.5) is 0 Å². The quantitative estimate of drug-likeness (QED) is 0.596. The lowest BCUT2D eigenvalue weighted by molar-refractivity contribution is 0.00931. The van der Waals surface area contributed by atoms with Crippen molar-refractivity contribution in [2.24, 2.45) is 0 Å². The van der Waals surface area contributed by atoms with Gasteiger partial charge in [0.2, 0.25) is 0 Å². The van der Waals surface area contributed by atoms with Crippen LogP contribution in [0, 0.1) is 0 Å². The highest BCUT2D eigenvalue weighted by Gasteiger charge is 2.36. The van der Waals surface area contributed by atoms with E-state index in [0.717, 1.165) is 25.0 Å². The predicted octanol–water partition coefficient (Wildman–Crippen LogP) is -1.48.